The molecular formula is C20H31FO2. The van der Waals surface area contributed by atoms with Crippen molar-refractivity contribution in [2.75, 3.05) is 0 Å². The van der Waals surface area contributed by atoms with Gasteiger partial charge in [-0.3, -0.25) is 4.79 Å². The summed E-state index contributed by atoms with van der Waals surface area (Å²) in [5.41, 5.74) is 0.218. The molecule has 3 heteroatoms. The molecule has 0 saturated heterocycles. The highest BCUT2D eigenvalue weighted by Crippen LogP contribution is 2.64. The molecule has 0 heterocycles. The van der Waals surface area contributed by atoms with Crippen LogP contribution in [-0.4, -0.2) is 16.7 Å². The van der Waals surface area contributed by atoms with Crippen LogP contribution in [0.15, 0.2) is 0 Å². The number of halogens is 1. The second kappa shape index (κ2) is 5.28. The minimum atomic E-state index is -1.91. The molecule has 0 spiro atoms. The molecule has 4 aliphatic carbocycles. The van der Waals surface area contributed by atoms with Crippen molar-refractivity contribution in [3.8, 4) is 0 Å². The van der Waals surface area contributed by atoms with Gasteiger partial charge in [0.1, 0.15) is 5.78 Å². The maximum absolute atomic E-state index is 14.0. The van der Waals surface area contributed by atoms with E-state index >= 15 is 0 Å². The van der Waals surface area contributed by atoms with Gasteiger partial charge in [0.2, 0.25) is 5.85 Å². The molecule has 4 rings (SSSR count). The van der Waals surface area contributed by atoms with E-state index < -0.39 is 5.85 Å². The van der Waals surface area contributed by atoms with Gasteiger partial charge in [-0.2, -0.15) is 0 Å². The molecule has 4 aliphatic rings. The first kappa shape index (κ1) is 16.1. The highest BCUT2D eigenvalue weighted by atomic mass is 19.2. The van der Waals surface area contributed by atoms with Gasteiger partial charge in [-0.1, -0.05) is 6.92 Å². The maximum atomic E-state index is 14.0. The van der Waals surface area contributed by atoms with Crippen molar-refractivity contribution >= 4 is 5.78 Å². The smallest absolute Gasteiger partial charge is 0.207 e. The number of rotatable bonds is 1. The van der Waals surface area contributed by atoms with Crippen molar-refractivity contribution in [2.45, 2.75) is 77.5 Å². The van der Waals surface area contributed by atoms with Gasteiger partial charge >= 0.3 is 0 Å². The van der Waals surface area contributed by atoms with Crippen molar-refractivity contribution in [3.05, 3.63) is 0 Å². The van der Waals surface area contributed by atoms with Gasteiger partial charge in [0.05, 0.1) is 0 Å². The highest BCUT2D eigenvalue weighted by molar-refractivity contribution is 5.79. The first-order valence-electron chi connectivity index (χ1n) is 9.73. The summed E-state index contributed by atoms with van der Waals surface area (Å²) in [6.45, 7) is 4.16. The van der Waals surface area contributed by atoms with Crippen LogP contribution in [0, 0.1) is 40.9 Å². The lowest BCUT2D eigenvalue weighted by atomic mass is 9.49. The molecule has 0 unspecified atom stereocenters. The Kier molecular flexibility index (Phi) is 3.68. The van der Waals surface area contributed by atoms with Gasteiger partial charge < -0.3 is 5.11 Å². The molecule has 8 atom stereocenters. The highest BCUT2D eigenvalue weighted by Gasteiger charge is 2.58. The summed E-state index contributed by atoms with van der Waals surface area (Å²) in [6.07, 6.45) is 8.50. The first-order valence-corrected chi connectivity index (χ1v) is 9.73. The number of hydrogen-bond acceptors (Lipinski definition) is 2. The van der Waals surface area contributed by atoms with Gasteiger partial charge in [0.25, 0.3) is 0 Å². The molecule has 130 valence electrons. The summed E-state index contributed by atoms with van der Waals surface area (Å²) >= 11 is 0. The third kappa shape index (κ3) is 2.41. The van der Waals surface area contributed by atoms with Gasteiger partial charge in [0.15, 0.2) is 0 Å². The van der Waals surface area contributed by atoms with E-state index in [0.29, 0.717) is 42.3 Å². The minimum absolute atomic E-state index is 0.218. The SMILES string of the molecule is CC(=O)[C@H]1CC[C@H]2[C@@H]3CC[C@@H]4C[C@@](O)(F)CC[C@@H]4[C@H]3CC[C@]12C. The summed E-state index contributed by atoms with van der Waals surface area (Å²) in [4.78, 5) is 12.1. The van der Waals surface area contributed by atoms with Crippen molar-refractivity contribution < 1.29 is 14.3 Å². The van der Waals surface area contributed by atoms with Gasteiger partial charge in [0, 0.05) is 18.8 Å². The summed E-state index contributed by atoms with van der Waals surface area (Å²) in [6, 6.07) is 0. The minimum Gasteiger partial charge on any atom is -0.362 e. The zero-order valence-corrected chi connectivity index (χ0v) is 14.6. The Morgan fingerprint density at radius 3 is 2.48 bits per heavy atom. The van der Waals surface area contributed by atoms with Crippen molar-refractivity contribution in [3.63, 3.8) is 0 Å². The molecular weight excluding hydrogens is 291 g/mol. The maximum Gasteiger partial charge on any atom is 0.207 e. The van der Waals surface area contributed by atoms with Crippen LogP contribution in [0.3, 0.4) is 0 Å². The second-order valence-electron chi connectivity index (χ2n) is 9.38. The molecule has 0 aromatic heterocycles. The molecule has 0 amide bonds. The van der Waals surface area contributed by atoms with Crippen LogP contribution in [0.2, 0.25) is 0 Å². The molecule has 2 nitrogen and oxygen atoms in total. The average Bonchev–Trinajstić information content (AvgIpc) is 2.83. The van der Waals surface area contributed by atoms with E-state index in [0.717, 1.165) is 25.2 Å². The first-order chi connectivity index (χ1) is 10.8. The number of carbonyl (C=O) groups excluding carboxylic acids is 1. The largest absolute Gasteiger partial charge is 0.362 e. The molecule has 0 aromatic rings. The number of carbonyl (C=O) groups is 1. The van der Waals surface area contributed by atoms with Gasteiger partial charge in [-0.25, -0.2) is 4.39 Å². The molecule has 4 fully saturated rings. The lowest BCUT2D eigenvalue weighted by Gasteiger charge is -2.56. The number of Topliss-reactive ketones (excluding diaryl/α,β-unsaturated/α-hetero) is 1. The van der Waals surface area contributed by atoms with Crippen LogP contribution in [0.5, 0.6) is 0 Å². The summed E-state index contributed by atoms with van der Waals surface area (Å²) in [5.74, 6) is 1.90. The molecule has 0 aliphatic heterocycles. The zero-order chi connectivity index (χ0) is 16.4. The summed E-state index contributed by atoms with van der Waals surface area (Å²) in [7, 11) is 0. The van der Waals surface area contributed by atoms with E-state index in [9.17, 15) is 14.3 Å². The van der Waals surface area contributed by atoms with E-state index in [1.807, 2.05) is 0 Å². The van der Waals surface area contributed by atoms with E-state index in [2.05, 4.69) is 6.92 Å². The summed E-state index contributed by atoms with van der Waals surface area (Å²) in [5, 5.41) is 9.79. The fourth-order valence-corrected chi connectivity index (χ4v) is 7.50. The molecule has 0 aromatic carbocycles. The zero-order valence-electron chi connectivity index (χ0n) is 14.6. The van der Waals surface area contributed by atoms with E-state index in [4.69, 9.17) is 0 Å². The average molecular weight is 322 g/mol. The molecule has 0 bridgehead atoms. The lowest BCUT2D eigenvalue weighted by Crippen LogP contribution is -2.50. The number of fused-ring (bicyclic) bond motifs is 5. The predicted octanol–water partition coefficient (Wildman–Crippen LogP) is 4.50. The van der Waals surface area contributed by atoms with Crippen LogP contribution < -0.4 is 0 Å². The van der Waals surface area contributed by atoms with Crippen LogP contribution in [0.25, 0.3) is 0 Å². The van der Waals surface area contributed by atoms with Gasteiger partial charge in [-0.05, 0) is 86.9 Å². The Morgan fingerprint density at radius 1 is 1.00 bits per heavy atom. The fraction of sp³-hybridized carbons (Fsp3) is 0.950. The molecule has 4 saturated carbocycles. The van der Waals surface area contributed by atoms with Gasteiger partial charge in [-0.15, -0.1) is 0 Å². The van der Waals surface area contributed by atoms with Crippen LogP contribution in [0.4, 0.5) is 4.39 Å². The molecule has 1 N–H and O–H groups in total. The normalized spacial score (nSPS) is 55.7. The molecule has 0 radical (unpaired) electrons. The van der Waals surface area contributed by atoms with Crippen molar-refractivity contribution in [1.82, 2.24) is 0 Å². The Labute approximate surface area is 139 Å². The predicted molar refractivity (Wildman–Crippen MR) is 87.3 cm³/mol. The second-order valence-corrected chi connectivity index (χ2v) is 9.38. The fourth-order valence-electron chi connectivity index (χ4n) is 7.50. The standard InChI is InChI=1S/C20H31FO2/c1-12(22)17-5-6-18-16-4-3-13-11-20(21,23)10-8-14(13)15(16)7-9-19(17,18)2/h13-18,23H,3-11H2,1-2H3/t13-,14+,15-,16-,17-,18+,19-,20-/m1/s1. The van der Waals surface area contributed by atoms with Crippen molar-refractivity contribution in [2.24, 2.45) is 40.9 Å². The monoisotopic (exact) mass is 322 g/mol. The Bertz CT molecular complexity index is 502. The quantitative estimate of drug-likeness (QED) is 0.771. The third-order valence-electron chi connectivity index (χ3n) is 8.45. The van der Waals surface area contributed by atoms with Crippen LogP contribution in [-0.2, 0) is 4.79 Å². The number of ketones is 1. The summed E-state index contributed by atoms with van der Waals surface area (Å²) < 4.78 is 14.0. The van der Waals surface area contributed by atoms with E-state index in [1.165, 1.54) is 25.7 Å². The third-order valence-corrected chi connectivity index (χ3v) is 8.45. The molecule has 23 heavy (non-hydrogen) atoms. The van der Waals surface area contributed by atoms with Crippen molar-refractivity contribution in [1.29, 1.82) is 0 Å². The lowest BCUT2D eigenvalue weighted by molar-refractivity contribution is -0.165. The van der Waals surface area contributed by atoms with E-state index in [-0.39, 0.29) is 11.3 Å². The van der Waals surface area contributed by atoms with E-state index in [1.54, 1.807) is 6.92 Å². The van der Waals surface area contributed by atoms with Crippen LogP contribution >= 0.6 is 0 Å². The Hall–Kier alpha value is -0.440. The number of alkyl halides is 1. The number of aliphatic hydroxyl groups is 1. The van der Waals surface area contributed by atoms with Crippen LogP contribution in [0.1, 0.15) is 71.6 Å². The number of hydrogen-bond donors (Lipinski definition) is 1. The Morgan fingerprint density at radius 2 is 1.74 bits per heavy atom. The Balaban J connectivity index is 1.56. The topological polar surface area (TPSA) is 37.3 Å².